The summed E-state index contributed by atoms with van der Waals surface area (Å²) in [7, 11) is 1.43. The maximum atomic E-state index is 9.49. The normalized spacial score (nSPS) is 9.38. The van der Waals surface area contributed by atoms with Crippen molar-refractivity contribution in [3.05, 3.63) is 20.6 Å². The van der Waals surface area contributed by atoms with E-state index < -0.39 is 0 Å². The molecule has 0 spiro atoms. The van der Waals surface area contributed by atoms with Crippen molar-refractivity contribution in [3.8, 4) is 17.6 Å². The number of methoxy groups -OCH3 is 1. The highest BCUT2D eigenvalue weighted by atomic mass is 79.9. The Morgan fingerprint density at radius 1 is 1.46 bits per heavy atom. The number of hydrogen-bond acceptors (Lipinski definition) is 3. The minimum atomic E-state index is -0.0200. The molecule has 0 saturated carbocycles. The molecule has 0 bridgehead atoms. The number of nitriles is 1. The fraction of sp³-hybridized carbons (Fsp3) is 0.125. The average molecular weight is 307 g/mol. The monoisotopic (exact) mass is 305 g/mol. The van der Waals surface area contributed by atoms with E-state index in [0.29, 0.717) is 14.5 Å². The smallest absolute Gasteiger partial charge is 0.173 e. The number of halogens is 2. The highest BCUT2D eigenvalue weighted by Gasteiger charge is 2.13. The van der Waals surface area contributed by atoms with Gasteiger partial charge < -0.3 is 9.84 Å². The van der Waals surface area contributed by atoms with Crippen LogP contribution in [0.25, 0.3) is 0 Å². The lowest BCUT2D eigenvalue weighted by Gasteiger charge is -2.07. The van der Waals surface area contributed by atoms with E-state index in [0.717, 1.165) is 0 Å². The molecule has 5 heteroatoms. The first-order chi connectivity index (χ1) is 6.11. The average Bonchev–Trinajstić information content (AvgIpc) is 2.15. The third-order valence-corrected chi connectivity index (χ3v) is 3.61. The van der Waals surface area contributed by atoms with E-state index in [2.05, 4.69) is 31.9 Å². The maximum absolute atomic E-state index is 9.49. The highest BCUT2D eigenvalue weighted by Crippen LogP contribution is 2.41. The summed E-state index contributed by atoms with van der Waals surface area (Å²) in [5.74, 6) is 0.250. The van der Waals surface area contributed by atoms with Crippen LogP contribution in [0.5, 0.6) is 11.5 Å². The molecule has 1 aromatic carbocycles. The SMILES string of the molecule is COc1cc(C#N)c(Br)c(Br)c1O. The van der Waals surface area contributed by atoms with E-state index in [1.165, 1.54) is 13.2 Å². The van der Waals surface area contributed by atoms with Crippen molar-refractivity contribution in [3.63, 3.8) is 0 Å². The molecule has 0 aliphatic carbocycles. The van der Waals surface area contributed by atoms with Crippen molar-refractivity contribution < 1.29 is 9.84 Å². The summed E-state index contributed by atoms with van der Waals surface area (Å²) >= 11 is 6.30. The molecule has 0 amide bonds. The molecule has 0 aliphatic rings. The van der Waals surface area contributed by atoms with Crippen molar-refractivity contribution in [1.29, 1.82) is 5.26 Å². The molecular formula is C8H5Br2NO2. The molecule has 0 heterocycles. The number of phenols is 1. The van der Waals surface area contributed by atoms with Gasteiger partial charge in [-0.15, -0.1) is 0 Å². The van der Waals surface area contributed by atoms with Crippen LogP contribution in [0.3, 0.4) is 0 Å². The van der Waals surface area contributed by atoms with Crippen molar-refractivity contribution in [2.75, 3.05) is 7.11 Å². The zero-order chi connectivity index (χ0) is 10.0. The van der Waals surface area contributed by atoms with E-state index >= 15 is 0 Å². The Kier molecular flexibility index (Phi) is 3.17. The second-order valence-electron chi connectivity index (χ2n) is 2.21. The minimum Gasteiger partial charge on any atom is -0.503 e. The van der Waals surface area contributed by atoms with Gasteiger partial charge in [0.1, 0.15) is 6.07 Å². The Bertz CT molecular complexity index is 385. The van der Waals surface area contributed by atoms with Gasteiger partial charge in [-0.1, -0.05) is 0 Å². The van der Waals surface area contributed by atoms with E-state index in [-0.39, 0.29) is 11.5 Å². The van der Waals surface area contributed by atoms with E-state index in [4.69, 9.17) is 10.00 Å². The lowest BCUT2D eigenvalue weighted by molar-refractivity contribution is 0.371. The molecule has 0 fully saturated rings. The van der Waals surface area contributed by atoms with Crippen molar-refractivity contribution in [1.82, 2.24) is 0 Å². The first kappa shape index (κ1) is 10.4. The number of rotatable bonds is 1. The molecule has 1 rings (SSSR count). The molecule has 0 aromatic heterocycles. The van der Waals surface area contributed by atoms with Gasteiger partial charge in [0.15, 0.2) is 11.5 Å². The zero-order valence-corrected chi connectivity index (χ0v) is 9.81. The van der Waals surface area contributed by atoms with Crippen LogP contribution < -0.4 is 4.74 Å². The molecule has 1 N–H and O–H groups in total. The lowest BCUT2D eigenvalue weighted by atomic mass is 10.2. The zero-order valence-electron chi connectivity index (χ0n) is 6.64. The maximum Gasteiger partial charge on any atom is 0.173 e. The Hall–Kier alpha value is -0.730. The van der Waals surface area contributed by atoms with Gasteiger partial charge in [0.25, 0.3) is 0 Å². The number of ether oxygens (including phenoxy) is 1. The van der Waals surface area contributed by atoms with Gasteiger partial charge in [0, 0.05) is 6.07 Å². The molecule has 13 heavy (non-hydrogen) atoms. The molecule has 0 saturated heterocycles. The number of hydrogen-bond donors (Lipinski definition) is 1. The first-order valence-electron chi connectivity index (χ1n) is 3.26. The van der Waals surface area contributed by atoms with Crippen LogP contribution >= 0.6 is 31.9 Å². The van der Waals surface area contributed by atoms with Gasteiger partial charge in [0.2, 0.25) is 0 Å². The first-order valence-corrected chi connectivity index (χ1v) is 4.85. The van der Waals surface area contributed by atoms with Crippen LogP contribution in [0, 0.1) is 11.3 Å². The second kappa shape index (κ2) is 3.99. The van der Waals surface area contributed by atoms with Crippen LogP contribution in [-0.4, -0.2) is 12.2 Å². The molecule has 0 aliphatic heterocycles. The summed E-state index contributed by atoms with van der Waals surface area (Å²) in [6.07, 6.45) is 0. The molecule has 68 valence electrons. The van der Waals surface area contributed by atoms with Gasteiger partial charge in [0.05, 0.1) is 21.6 Å². The fourth-order valence-electron chi connectivity index (χ4n) is 0.830. The van der Waals surface area contributed by atoms with Crippen LogP contribution in [0.4, 0.5) is 0 Å². The lowest BCUT2D eigenvalue weighted by Crippen LogP contribution is -1.88. The van der Waals surface area contributed by atoms with Gasteiger partial charge in [-0.05, 0) is 31.9 Å². The summed E-state index contributed by atoms with van der Waals surface area (Å²) < 4.78 is 5.81. The summed E-state index contributed by atoms with van der Waals surface area (Å²) in [5, 5.41) is 18.2. The Labute approximate surface area is 92.2 Å². The summed E-state index contributed by atoms with van der Waals surface area (Å²) in [6.45, 7) is 0. The Morgan fingerprint density at radius 2 is 2.08 bits per heavy atom. The van der Waals surface area contributed by atoms with Crippen LogP contribution in [-0.2, 0) is 0 Å². The van der Waals surface area contributed by atoms with E-state index in [9.17, 15) is 5.11 Å². The van der Waals surface area contributed by atoms with Crippen LogP contribution in [0.1, 0.15) is 5.56 Å². The number of phenolic OH excluding ortho intramolecular Hbond substituents is 1. The fourth-order valence-corrected chi connectivity index (χ4v) is 1.63. The highest BCUT2D eigenvalue weighted by molar-refractivity contribution is 9.13. The van der Waals surface area contributed by atoms with E-state index in [1.807, 2.05) is 6.07 Å². The molecule has 1 aromatic rings. The summed E-state index contributed by atoms with van der Waals surface area (Å²) in [6, 6.07) is 3.43. The van der Waals surface area contributed by atoms with Crippen molar-refractivity contribution >= 4 is 31.9 Å². The second-order valence-corrected chi connectivity index (χ2v) is 3.80. The largest absolute Gasteiger partial charge is 0.503 e. The molecule has 0 radical (unpaired) electrons. The summed E-state index contributed by atoms with van der Waals surface area (Å²) in [4.78, 5) is 0. The third-order valence-electron chi connectivity index (χ3n) is 1.49. The summed E-state index contributed by atoms with van der Waals surface area (Å²) in [5.41, 5.74) is 0.404. The van der Waals surface area contributed by atoms with E-state index in [1.54, 1.807) is 0 Å². The van der Waals surface area contributed by atoms with Gasteiger partial charge >= 0.3 is 0 Å². The number of nitrogens with zero attached hydrogens (tertiary/aromatic N) is 1. The van der Waals surface area contributed by atoms with Gasteiger partial charge in [-0.2, -0.15) is 5.26 Å². The quantitative estimate of drug-likeness (QED) is 0.868. The molecule has 0 unspecified atom stereocenters. The van der Waals surface area contributed by atoms with Crippen molar-refractivity contribution in [2.45, 2.75) is 0 Å². The topological polar surface area (TPSA) is 53.2 Å². The number of benzene rings is 1. The Balaban J connectivity index is 3.48. The minimum absolute atomic E-state index is 0.0200. The molecule has 3 nitrogen and oxygen atoms in total. The standard InChI is InChI=1S/C8H5Br2NO2/c1-13-5-2-4(3-11)6(9)7(10)8(5)12/h2,12H,1H3. The molecular weight excluding hydrogens is 302 g/mol. The van der Waals surface area contributed by atoms with Gasteiger partial charge in [-0.3, -0.25) is 0 Å². The molecule has 0 atom stereocenters. The third kappa shape index (κ3) is 1.79. The van der Waals surface area contributed by atoms with Crippen LogP contribution in [0.15, 0.2) is 15.0 Å². The van der Waals surface area contributed by atoms with Crippen LogP contribution in [0.2, 0.25) is 0 Å². The van der Waals surface area contributed by atoms with Crippen molar-refractivity contribution in [2.24, 2.45) is 0 Å². The number of aromatic hydroxyl groups is 1. The van der Waals surface area contributed by atoms with Gasteiger partial charge in [-0.25, -0.2) is 0 Å². The predicted molar refractivity (Wildman–Crippen MR) is 54.8 cm³/mol. The Morgan fingerprint density at radius 3 is 2.54 bits per heavy atom. The predicted octanol–water partition coefficient (Wildman–Crippen LogP) is 2.80.